The van der Waals surface area contributed by atoms with Crippen LogP contribution in [0.3, 0.4) is 0 Å². The zero-order valence-electron chi connectivity index (χ0n) is 34.9. The van der Waals surface area contributed by atoms with Crippen LogP contribution in [0.15, 0.2) is 48.6 Å². The Balaban J connectivity index is 3.83. The molecule has 1 amide bonds. The molecule has 0 spiro atoms. The van der Waals surface area contributed by atoms with Crippen molar-refractivity contribution < 1.29 is 14.3 Å². The van der Waals surface area contributed by atoms with Crippen molar-refractivity contribution >= 4 is 11.9 Å². The van der Waals surface area contributed by atoms with Crippen LogP contribution in [0, 0.1) is 0 Å². The molecule has 302 valence electrons. The number of hydrogen-bond acceptors (Lipinski definition) is 5. The first-order valence-corrected chi connectivity index (χ1v) is 21.9. The van der Waals surface area contributed by atoms with Crippen LogP contribution in [-0.4, -0.2) is 75.1 Å². The van der Waals surface area contributed by atoms with Gasteiger partial charge in [0.2, 0.25) is 5.91 Å². The van der Waals surface area contributed by atoms with E-state index >= 15 is 0 Å². The summed E-state index contributed by atoms with van der Waals surface area (Å²) in [4.78, 5) is 29.3. The molecule has 0 heterocycles. The summed E-state index contributed by atoms with van der Waals surface area (Å²) in [5, 5.41) is 3.10. The molecule has 0 aromatic carbocycles. The number of unbranched alkanes of at least 4 members (excludes halogenated alkanes) is 18. The highest BCUT2D eigenvalue weighted by atomic mass is 16.5. The number of nitrogens with one attached hydrogen (secondary N) is 1. The number of likely N-dealkylation sites (N-methyl/N-ethyl adjacent to an activating group) is 1. The van der Waals surface area contributed by atoms with Crippen LogP contribution in [0.2, 0.25) is 0 Å². The summed E-state index contributed by atoms with van der Waals surface area (Å²) in [6.45, 7) is 8.81. The number of hydrogen-bond donors (Lipinski definition) is 1. The molecule has 0 saturated heterocycles. The molecule has 0 aliphatic carbocycles. The second kappa shape index (κ2) is 41.6. The SMILES string of the molecule is CCCCC/C=C\C/C=C\CCCCCCCCNC(=O)CCN(CCC(=O)OCCCCCCCC/C=C\C/C=C\CCCCC)CCN(C)C. The van der Waals surface area contributed by atoms with Gasteiger partial charge in [0.25, 0.3) is 0 Å². The number of carbonyl (C=O) groups is 2. The van der Waals surface area contributed by atoms with Gasteiger partial charge < -0.3 is 19.9 Å². The Kier molecular flexibility index (Phi) is 39.8. The second-order valence-electron chi connectivity index (χ2n) is 14.9. The Morgan fingerprint density at radius 3 is 1.44 bits per heavy atom. The highest BCUT2D eigenvalue weighted by Gasteiger charge is 2.12. The van der Waals surface area contributed by atoms with E-state index in [4.69, 9.17) is 4.74 Å². The Morgan fingerprint density at radius 1 is 0.500 bits per heavy atom. The molecule has 0 aromatic heterocycles. The molecule has 6 nitrogen and oxygen atoms in total. The zero-order valence-corrected chi connectivity index (χ0v) is 34.9. The van der Waals surface area contributed by atoms with Gasteiger partial charge >= 0.3 is 5.97 Å². The smallest absolute Gasteiger partial charge is 0.307 e. The molecule has 0 saturated carbocycles. The van der Waals surface area contributed by atoms with E-state index in [0.717, 1.165) is 51.7 Å². The maximum Gasteiger partial charge on any atom is 0.307 e. The number of nitrogens with zero attached hydrogens (tertiary/aromatic N) is 2. The number of allylic oxidation sites excluding steroid dienone is 8. The van der Waals surface area contributed by atoms with Crippen LogP contribution in [-0.2, 0) is 14.3 Å². The van der Waals surface area contributed by atoms with Crippen molar-refractivity contribution in [3.8, 4) is 0 Å². The number of carbonyl (C=O) groups excluding carboxylic acids is 2. The Bertz CT molecular complexity index is 829. The quantitative estimate of drug-likeness (QED) is 0.0388. The summed E-state index contributed by atoms with van der Waals surface area (Å²) in [6, 6.07) is 0. The van der Waals surface area contributed by atoms with E-state index in [0.29, 0.717) is 32.5 Å². The standard InChI is InChI=1S/C46H85N3O3/c1-5-7-9-11-13-15-17-19-21-23-25-27-29-31-33-35-39-47-45(50)37-40-49(43-42-48(3)4)41-38-46(51)52-44-36-34-32-30-28-26-24-22-20-18-16-14-12-10-8-6-2/h13-16,19-22H,5-12,17-18,23-44H2,1-4H3,(H,47,50)/b15-13-,16-14-,21-19-,22-20-. The number of esters is 1. The summed E-state index contributed by atoms with van der Waals surface area (Å²) in [5.74, 6) is -0.0170. The van der Waals surface area contributed by atoms with Crippen molar-refractivity contribution in [2.75, 3.05) is 53.4 Å². The van der Waals surface area contributed by atoms with Crippen LogP contribution in [0.1, 0.15) is 181 Å². The molecular formula is C46H85N3O3. The van der Waals surface area contributed by atoms with E-state index in [9.17, 15) is 9.59 Å². The summed E-state index contributed by atoms with van der Waals surface area (Å²) < 4.78 is 5.53. The minimum atomic E-state index is -0.126. The average Bonchev–Trinajstić information content (AvgIpc) is 3.13. The van der Waals surface area contributed by atoms with E-state index in [1.165, 1.54) is 122 Å². The Morgan fingerprint density at radius 2 is 0.942 bits per heavy atom. The Hall–Kier alpha value is -2.18. The van der Waals surface area contributed by atoms with Crippen molar-refractivity contribution in [1.82, 2.24) is 15.1 Å². The molecule has 0 unspecified atom stereocenters. The largest absolute Gasteiger partial charge is 0.466 e. The van der Waals surface area contributed by atoms with Crippen LogP contribution in [0.5, 0.6) is 0 Å². The van der Waals surface area contributed by atoms with Gasteiger partial charge in [0.15, 0.2) is 0 Å². The van der Waals surface area contributed by atoms with E-state index in [1.807, 2.05) is 0 Å². The molecule has 52 heavy (non-hydrogen) atoms. The van der Waals surface area contributed by atoms with Crippen LogP contribution < -0.4 is 5.32 Å². The summed E-state index contributed by atoms with van der Waals surface area (Å²) >= 11 is 0. The molecule has 0 bridgehead atoms. The van der Waals surface area contributed by atoms with Crippen molar-refractivity contribution in [1.29, 1.82) is 0 Å². The van der Waals surface area contributed by atoms with Crippen molar-refractivity contribution in [2.45, 2.75) is 181 Å². The maximum atomic E-state index is 12.5. The number of rotatable bonds is 39. The third-order valence-corrected chi connectivity index (χ3v) is 9.46. The van der Waals surface area contributed by atoms with Gasteiger partial charge in [-0.15, -0.1) is 0 Å². The molecule has 6 heteroatoms. The lowest BCUT2D eigenvalue weighted by Gasteiger charge is -2.23. The maximum absolute atomic E-state index is 12.5. The lowest BCUT2D eigenvalue weighted by atomic mass is 10.1. The monoisotopic (exact) mass is 728 g/mol. The summed E-state index contributed by atoms with van der Waals surface area (Å²) in [7, 11) is 4.11. The van der Waals surface area contributed by atoms with Gasteiger partial charge in [-0.1, -0.05) is 140 Å². The lowest BCUT2D eigenvalue weighted by Crippen LogP contribution is -2.36. The van der Waals surface area contributed by atoms with Gasteiger partial charge in [-0.05, 0) is 91.1 Å². The fourth-order valence-electron chi connectivity index (χ4n) is 5.96. The third kappa shape index (κ3) is 40.6. The highest BCUT2D eigenvalue weighted by molar-refractivity contribution is 5.76. The van der Waals surface area contributed by atoms with Crippen molar-refractivity contribution in [3.63, 3.8) is 0 Å². The predicted octanol–water partition coefficient (Wildman–Crippen LogP) is 11.9. The predicted molar refractivity (Wildman–Crippen MR) is 227 cm³/mol. The van der Waals surface area contributed by atoms with E-state index in [2.05, 4.69) is 91.7 Å². The van der Waals surface area contributed by atoms with Crippen LogP contribution in [0.25, 0.3) is 0 Å². The molecule has 1 N–H and O–H groups in total. The summed E-state index contributed by atoms with van der Waals surface area (Å²) in [5.41, 5.74) is 0. The lowest BCUT2D eigenvalue weighted by molar-refractivity contribution is -0.144. The minimum absolute atomic E-state index is 0.109. The molecule has 0 fully saturated rings. The van der Waals surface area contributed by atoms with Gasteiger partial charge in [0, 0.05) is 39.1 Å². The molecular weight excluding hydrogens is 643 g/mol. The first kappa shape index (κ1) is 49.8. The van der Waals surface area contributed by atoms with E-state index in [-0.39, 0.29) is 11.9 Å². The Labute approximate surface area is 323 Å². The second-order valence-corrected chi connectivity index (χ2v) is 14.9. The van der Waals surface area contributed by atoms with Gasteiger partial charge in [0.05, 0.1) is 13.0 Å². The molecule has 0 rings (SSSR count). The van der Waals surface area contributed by atoms with Crippen LogP contribution >= 0.6 is 0 Å². The third-order valence-electron chi connectivity index (χ3n) is 9.46. The normalized spacial score (nSPS) is 12.2. The molecule has 0 atom stereocenters. The molecule has 0 aliphatic rings. The molecule has 0 radical (unpaired) electrons. The minimum Gasteiger partial charge on any atom is -0.466 e. The topological polar surface area (TPSA) is 61.9 Å². The van der Waals surface area contributed by atoms with Gasteiger partial charge in [-0.2, -0.15) is 0 Å². The fraction of sp³-hybridized carbons (Fsp3) is 0.783. The first-order chi connectivity index (χ1) is 25.5. The first-order valence-electron chi connectivity index (χ1n) is 21.9. The number of amides is 1. The molecule has 0 aromatic rings. The molecule has 0 aliphatic heterocycles. The average molecular weight is 728 g/mol. The van der Waals surface area contributed by atoms with Gasteiger partial charge in [0.1, 0.15) is 0 Å². The van der Waals surface area contributed by atoms with Gasteiger partial charge in [-0.25, -0.2) is 0 Å². The zero-order chi connectivity index (χ0) is 38.0. The van der Waals surface area contributed by atoms with Crippen LogP contribution in [0.4, 0.5) is 0 Å². The van der Waals surface area contributed by atoms with Crippen molar-refractivity contribution in [2.24, 2.45) is 0 Å². The number of ether oxygens (including phenoxy) is 1. The van der Waals surface area contributed by atoms with Gasteiger partial charge in [-0.3, -0.25) is 9.59 Å². The van der Waals surface area contributed by atoms with E-state index in [1.54, 1.807) is 0 Å². The summed E-state index contributed by atoms with van der Waals surface area (Å²) in [6.07, 6.45) is 48.5. The van der Waals surface area contributed by atoms with Crippen molar-refractivity contribution in [3.05, 3.63) is 48.6 Å². The fourth-order valence-corrected chi connectivity index (χ4v) is 5.96. The van der Waals surface area contributed by atoms with E-state index < -0.39 is 0 Å². The highest BCUT2D eigenvalue weighted by Crippen LogP contribution is 2.10.